The predicted molar refractivity (Wildman–Crippen MR) is 85.1 cm³/mol. The monoisotopic (exact) mass is 276 g/mol. The van der Waals surface area contributed by atoms with Crippen molar-refractivity contribution in [3.8, 4) is 0 Å². The Hall–Kier alpha value is -1.13. The number of likely N-dealkylation sites (tertiary alicyclic amines) is 1. The summed E-state index contributed by atoms with van der Waals surface area (Å²) in [6.07, 6.45) is 2.45. The summed E-state index contributed by atoms with van der Waals surface area (Å²) in [5, 5.41) is 3.43. The van der Waals surface area contributed by atoms with Crippen LogP contribution in [0.1, 0.15) is 32.4 Å². The minimum absolute atomic E-state index is 0.493. The molecule has 1 aliphatic rings. The van der Waals surface area contributed by atoms with Crippen molar-refractivity contribution < 1.29 is 0 Å². The highest BCUT2D eigenvalue weighted by Gasteiger charge is 2.21. The Bertz CT molecular complexity index is 411. The number of nitrogens with zero attached hydrogens (tertiary/aromatic N) is 3. The van der Waals surface area contributed by atoms with Crippen LogP contribution in [0.4, 0.5) is 5.82 Å². The molecule has 0 atom stereocenters. The molecule has 20 heavy (non-hydrogen) atoms. The predicted octanol–water partition coefficient (Wildman–Crippen LogP) is 2.11. The molecule has 112 valence electrons. The molecule has 0 aromatic carbocycles. The molecule has 0 saturated carbocycles. The first-order chi connectivity index (χ1) is 9.56. The molecule has 1 saturated heterocycles. The van der Waals surface area contributed by atoms with Crippen LogP contribution in [0.2, 0.25) is 0 Å². The van der Waals surface area contributed by atoms with Crippen molar-refractivity contribution in [2.24, 2.45) is 0 Å². The molecule has 2 rings (SSSR count). The summed E-state index contributed by atoms with van der Waals surface area (Å²) in [6, 6.07) is 7.45. The Morgan fingerprint density at radius 3 is 2.70 bits per heavy atom. The van der Waals surface area contributed by atoms with Crippen LogP contribution >= 0.6 is 0 Å². The van der Waals surface area contributed by atoms with E-state index in [9.17, 15) is 0 Å². The lowest BCUT2D eigenvalue weighted by Crippen LogP contribution is -2.42. The molecule has 2 heterocycles. The van der Waals surface area contributed by atoms with Gasteiger partial charge in [0.1, 0.15) is 5.82 Å². The van der Waals surface area contributed by atoms with Crippen molar-refractivity contribution >= 4 is 5.82 Å². The molecule has 1 aromatic heterocycles. The van der Waals surface area contributed by atoms with Gasteiger partial charge in [-0.3, -0.25) is 0 Å². The average molecular weight is 276 g/mol. The Balaban J connectivity index is 1.98. The summed E-state index contributed by atoms with van der Waals surface area (Å²) in [5.41, 5.74) is 1.12. The number of rotatable bonds is 5. The zero-order chi connectivity index (χ0) is 14.5. The number of hydrogen-bond donors (Lipinski definition) is 1. The summed E-state index contributed by atoms with van der Waals surface area (Å²) in [4.78, 5) is 9.55. The third-order valence-corrected chi connectivity index (χ3v) is 4.08. The first-order valence-electron chi connectivity index (χ1n) is 7.67. The summed E-state index contributed by atoms with van der Waals surface area (Å²) in [7, 11) is 4.38. The molecule has 0 unspecified atom stereocenters. The van der Waals surface area contributed by atoms with E-state index in [1.807, 2.05) is 0 Å². The van der Waals surface area contributed by atoms with E-state index in [1.165, 1.54) is 25.9 Å². The van der Waals surface area contributed by atoms with Crippen molar-refractivity contribution in [1.82, 2.24) is 15.2 Å². The van der Waals surface area contributed by atoms with E-state index in [-0.39, 0.29) is 0 Å². The van der Waals surface area contributed by atoms with Crippen LogP contribution < -0.4 is 10.2 Å². The minimum atomic E-state index is 0.493. The van der Waals surface area contributed by atoms with Crippen molar-refractivity contribution in [2.75, 3.05) is 32.1 Å². The minimum Gasteiger partial charge on any atom is -0.357 e. The van der Waals surface area contributed by atoms with Crippen LogP contribution in [0.25, 0.3) is 0 Å². The SMILES string of the molecule is CC(C)NCc1cccc(N(C)C2CCN(C)CC2)n1. The summed E-state index contributed by atoms with van der Waals surface area (Å²) in [6.45, 7) is 7.53. The van der Waals surface area contributed by atoms with Crippen molar-refractivity contribution in [3.63, 3.8) is 0 Å². The van der Waals surface area contributed by atoms with Crippen LogP contribution in [-0.4, -0.2) is 49.2 Å². The van der Waals surface area contributed by atoms with E-state index < -0.39 is 0 Å². The number of pyridine rings is 1. The number of piperidine rings is 1. The van der Waals surface area contributed by atoms with Crippen LogP contribution in [0, 0.1) is 0 Å². The van der Waals surface area contributed by atoms with Gasteiger partial charge in [0, 0.05) is 25.7 Å². The molecule has 1 aliphatic heterocycles. The highest BCUT2D eigenvalue weighted by Crippen LogP contribution is 2.20. The zero-order valence-electron chi connectivity index (χ0n) is 13.3. The second-order valence-corrected chi connectivity index (χ2v) is 6.17. The lowest BCUT2D eigenvalue weighted by atomic mass is 10.0. The molecule has 1 aromatic rings. The second-order valence-electron chi connectivity index (χ2n) is 6.17. The van der Waals surface area contributed by atoms with Gasteiger partial charge in [0.2, 0.25) is 0 Å². The second kappa shape index (κ2) is 7.04. The number of hydrogen-bond acceptors (Lipinski definition) is 4. The number of nitrogens with one attached hydrogen (secondary N) is 1. The molecule has 4 nitrogen and oxygen atoms in total. The maximum absolute atomic E-state index is 4.79. The zero-order valence-corrected chi connectivity index (χ0v) is 13.3. The van der Waals surface area contributed by atoms with Crippen molar-refractivity contribution in [1.29, 1.82) is 0 Å². The maximum Gasteiger partial charge on any atom is 0.128 e. The summed E-state index contributed by atoms with van der Waals surface area (Å²) >= 11 is 0. The van der Waals surface area contributed by atoms with Gasteiger partial charge in [0.25, 0.3) is 0 Å². The molecular weight excluding hydrogens is 248 g/mol. The molecule has 1 fully saturated rings. The molecule has 1 N–H and O–H groups in total. The van der Waals surface area contributed by atoms with Gasteiger partial charge in [-0.05, 0) is 45.1 Å². The molecule has 4 heteroatoms. The van der Waals surface area contributed by atoms with Gasteiger partial charge >= 0.3 is 0 Å². The number of aromatic nitrogens is 1. The Morgan fingerprint density at radius 1 is 1.35 bits per heavy atom. The van der Waals surface area contributed by atoms with Gasteiger partial charge in [-0.15, -0.1) is 0 Å². The fourth-order valence-electron chi connectivity index (χ4n) is 2.64. The van der Waals surface area contributed by atoms with Crippen molar-refractivity contribution in [2.45, 2.75) is 45.3 Å². The van der Waals surface area contributed by atoms with E-state index in [4.69, 9.17) is 4.98 Å². The molecule has 0 spiro atoms. The van der Waals surface area contributed by atoms with Crippen LogP contribution in [0.15, 0.2) is 18.2 Å². The van der Waals surface area contributed by atoms with E-state index in [0.29, 0.717) is 12.1 Å². The first-order valence-corrected chi connectivity index (χ1v) is 7.67. The van der Waals surface area contributed by atoms with Gasteiger partial charge < -0.3 is 15.1 Å². The third kappa shape index (κ3) is 4.18. The Kier molecular flexibility index (Phi) is 5.38. The largest absolute Gasteiger partial charge is 0.357 e. The summed E-state index contributed by atoms with van der Waals surface area (Å²) in [5.74, 6) is 1.10. The Labute approximate surface area is 123 Å². The molecule has 0 bridgehead atoms. The Morgan fingerprint density at radius 2 is 2.05 bits per heavy atom. The maximum atomic E-state index is 4.79. The van der Waals surface area contributed by atoms with Crippen LogP contribution in [0.3, 0.4) is 0 Å². The van der Waals surface area contributed by atoms with E-state index in [2.05, 4.69) is 61.3 Å². The van der Waals surface area contributed by atoms with Crippen LogP contribution in [0.5, 0.6) is 0 Å². The highest BCUT2D eigenvalue weighted by molar-refractivity contribution is 5.39. The van der Waals surface area contributed by atoms with Gasteiger partial charge in [-0.25, -0.2) is 4.98 Å². The smallest absolute Gasteiger partial charge is 0.128 e. The van der Waals surface area contributed by atoms with Gasteiger partial charge in [-0.1, -0.05) is 19.9 Å². The van der Waals surface area contributed by atoms with E-state index in [0.717, 1.165) is 18.1 Å². The van der Waals surface area contributed by atoms with Gasteiger partial charge in [0.15, 0.2) is 0 Å². The topological polar surface area (TPSA) is 31.4 Å². The normalized spacial score (nSPS) is 17.6. The fourth-order valence-corrected chi connectivity index (χ4v) is 2.64. The van der Waals surface area contributed by atoms with Crippen molar-refractivity contribution in [3.05, 3.63) is 23.9 Å². The lowest BCUT2D eigenvalue weighted by molar-refractivity contribution is 0.252. The van der Waals surface area contributed by atoms with Gasteiger partial charge in [0.05, 0.1) is 5.69 Å². The number of anilines is 1. The quantitative estimate of drug-likeness (QED) is 0.892. The fraction of sp³-hybridized carbons (Fsp3) is 0.688. The van der Waals surface area contributed by atoms with E-state index in [1.54, 1.807) is 0 Å². The average Bonchev–Trinajstić information content (AvgIpc) is 2.45. The molecular formula is C16H28N4. The lowest BCUT2D eigenvalue weighted by Gasteiger charge is -2.35. The standard InChI is InChI=1S/C16H28N4/c1-13(2)17-12-14-6-5-7-16(18-14)20(4)15-8-10-19(3)11-9-15/h5-7,13,15,17H,8-12H2,1-4H3. The summed E-state index contributed by atoms with van der Waals surface area (Å²) < 4.78 is 0. The van der Waals surface area contributed by atoms with Crippen LogP contribution in [-0.2, 0) is 6.54 Å². The van der Waals surface area contributed by atoms with Gasteiger partial charge in [-0.2, -0.15) is 0 Å². The third-order valence-electron chi connectivity index (χ3n) is 4.08. The van der Waals surface area contributed by atoms with E-state index >= 15 is 0 Å². The molecule has 0 aliphatic carbocycles. The molecule has 0 amide bonds. The molecule has 0 radical (unpaired) electrons. The first kappa shape index (κ1) is 15.3. The highest BCUT2D eigenvalue weighted by atomic mass is 15.2.